The van der Waals surface area contributed by atoms with Gasteiger partial charge >= 0.3 is 0 Å². The van der Waals surface area contributed by atoms with Crippen LogP contribution in [0.25, 0.3) is 10.8 Å². The Kier molecular flexibility index (Phi) is 6.07. The molecule has 0 saturated heterocycles. The molecule has 0 heterocycles. The summed E-state index contributed by atoms with van der Waals surface area (Å²) in [5.74, 6) is -0.131. The Bertz CT molecular complexity index is 1030. The van der Waals surface area contributed by atoms with E-state index in [4.69, 9.17) is 0 Å². The van der Waals surface area contributed by atoms with Gasteiger partial charge in [0.05, 0.1) is 6.21 Å². The van der Waals surface area contributed by atoms with Crippen LogP contribution in [0.2, 0.25) is 0 Å². The smallest absolute Gasteiger partial charge is 0.262 e. The molecule has 0 radical (unpaired) electrons. The number of para-hydroxylation sites is 1. The van der Waals surface area contributed by atoms with Gasteiger partial charge in [-0.2, -0.15) is 5.10 Å². The van der Waals surface area contributed by atoms with Crippen LogP contribution in [0.1, 0.15) is 18.1 Å². The zero-order valence-corrected chi connectivity index (χ0v) is 15.7. The molecule has 0 saturated carbocycles. The van der Waals surface area contributed by atoms with Crippen molar-refractivity contribution in [3.8, 4) is 5.75 Å². The first-order valence-electron chi connectivity index (χ1n) is 9.08. The van der Waals surface area contributed by atoms with Gasteiger partial charge < -0.3 is 10.4 Å². The van der Waals surface area contributed by atoms with Crippen molar-refractivity contribution in [1.82, 2.24) is 5.43 Å². The number of fused-ring (bicyclic) bond motifs is 1. The zero-order chi connectivity index (χ0) is 19.9. The van der Waals surface area contributed by atoms with E-state index in [1.165, 1.54) is 6.21 Å². The van der Waals surface area contributed by atoms with Crippen LogP contribution in [0, 0.1) is 0 Å². The number of benzene rings is 3. The van der Waals surface area contributed by atoms with E-state index < -0.39 is 6.04 Å². The number of allylic oxidation sites excluding steroid dienone is 1. The highest BCUT2D eigenvalue weighted by molar-refractivity contribution is 5.89. The molecule has 1 amide bonds. The average molecular weight is 373 g/mol. The van der Waals surface area contributed by atoms with Gasteiger partial charge in [0, 0.05) is 11.3 Å². The molecule has 0 unspecified atom stereocenters. The standard InChI is InChI=1S/C23H23N3O2/c1-3-7-18-10-6-11-20(22(18)27)15-24-26-23(28)16(2)25-21-13-12-17-8-4-5-9-19(17)14-21/h3-6,8-16,25,27H,1,7H2,2H3,(H,26,28)/b24-15+/t16-/m1/s1. The van der Waals surface area contributed by atoms with Gasteiger partial charge in [-0.3, -0.25) is 4.79 Å². The summed E-state index contributed by atoms with van der Waals surface area (Å²) in [5.41, 5.74) is 4.66. The maximum atomic E-state index is 12.3. The minimum atomic E-state index is -0.473. The van der Waals surface area contributed by atoms with Crippen LogP contribution >= 0.6 is 0 Å². The van der Waals surface area contributed by atoms with E-state index in [1.54, 1.807) is 19.1 Å². The van der Waals surface area contributed by atoms with Gasteiger partial charge in [-0.05, 0) is 47.9 Å². The molecule has 3 aromatic carbocycles. The Morgan fingerprint density at radius 3 is 2.71 bits per heavy atom. The topological polar surface area (TPSA) is 73.7 Å². The molecule has 0 aliphatic carbocycles. The lowest BCUT2D eigenvalue weighted by Gasteiger charge is -2.14. The summed E-state index contributed by atoms with van der Waals surface area (Å²) < 4.78 is 0. The molecule has 5 nitrogen and oxygen atoms in total. The van der Waals surface area contributed by atoms with Gasteiger partial charge in [-0.1, -0.05) is 48.5 Å². The van der Waals surface area contributed by atoms with E-state index in [1.807, 2.05) is 54.6 Å². The van der Waals surface area contributed by atoms with E-state index in [0.717, 1.165) is 22.0 Å². The highest BCUT2D eigenvalue weighted by Crippen LogP contribution is 2.22. The van der Waals surface area contributed by atoms with Crippen LogP contribution < -0.4 is 10.7 Å². The number of nitrogens with zero attached hydrogens (tertiary/aromatic N) is 1. The number of aromatic hydroxyl groups is 1. The van der Waals surface area contributed by atoms with Gasteiger partial charge in [-0.15, -0.1) is 6.58 Å². The second-order valence-corrected chi connectivity index (χ2v) is 6.51. The normalized spacial score (nSPS) is 12.0. The number of hydrazone groups is 1. The molecule has 3 rings (SSSR count). The lowest BCUT2D eigenvalue weighted by atomic mass is 10.1. The second-order valence-electron chi connectivity index (χ2n) is 6.51. The van der Waals surface area contributed by atoms with Crippen molar-refractivity contribution in [2.45, 2.75) is 19.4 Å². The molecule has 28 heavy (non-hydrogen) atoms. The molecular formula is C23H23N3O2. The largest absolute Gasteiger partial charge is 0.507 e. The number of hydrogen-bond donors (Lipinski definition) is 3. The SMILES string of the molecule is C=CCc1cccc(/C=N/NC(=O)[C@@H](C)Nc2ccc3ccccc3c2)c1O. The van der Waals surface area contributed by atoms with Crippen molar-refractivity contribution < 1.29 is 9.90 Å². The minimum absolute atomic E-state index is 0.141. The predicted molar refractivity (Wildman–Crippen MR) is 115 cm³/mol. The van der Waals surface area contributed by atoms with Gasteiger partial charge in [0.2, 0.25) is 0 Å². The van der Waals surface area contributed by atoms with Crippen LogP contribution in [-0.4, -0.2) is 23.3 Å². The van der Waals surface area contributed by atoms with Crippen molar-refractivity contribution in [1.29, 1.82) is 0 Å². The third-order valence-corrected chi connectivity index (χ3v) is 4.42. The van der Waals surface area contributed by atoms with Crippen LogP contribution in [0.4, 0.5) is 5.69 Å². The van der Waals surface area contributed by atoms with E-state index in [-0.39, 0.29) is 11.7 Å². The van der Waals surface area contributed by atoms with Gasteiger partial charge in [0.15, 0.2) is 0 Å². The molecule has 142 valence electrons. The Morgan fingerprint density at radius 1 is 1.14 bits per heavy atom. The number of phenols is 1. The molecule has 0 bridgehead atoms. The number of carbonyl (C=O) groups is 1. The first kappa shape index (κ1) is 19.2. The number of nitrogens with one attached hydrogen (secondary N) is 2. The van der Waals surface area contributed by atoms with Crippen LogP contribution in [0.3, 0.4) is 0 Å². The summed E-state index contributed by atoms with van der Waals surface area (Å²) in [6.45, 7) is 5.44. The summed E-state index contributed by atoms with van der Waals surface area (Å²) in [7, 11) is 0. The molecular weight excluding hydrogens is 350 g/mol. The number of anilines is 1. The molecule has 0 aliphatic heterocycles. The summed E-state index contributed by atoms with van der Waals surface area (Å²) in [6, 6.07) is 18.9. The van der Waals surface area contributed by atoms with Gasteiger partial charge in [0.25, 0.3) is 5.91 Å². The third-order valence-electron chi connectivity index (χ3n) is 4.42. The maximum absolute atomic E-state index is 12.3. The summed E-state index contributed by atoms with van der Waals surface area (Å²) in [5, 5.41) is 19.6. The van der Waals surface area contributed by atoms with Crippen molar-refractivity contribution in [2.24, 2.45) is 5.10 Å². The molecule has 0 spiro atoms. The van der Waals surface area contributed by atoms with Crippen LogP contribution in [-0.2, 0) is 11.2 Å². The second kappa shape index (κ2) is 8.86. The number of rotatable bonds is 7. The zero-order valence-electron chi connectivity index (χ0n) is 15.7. The van der Waals surface area contributed by atoms with Crippen LogP contribution in [0.5, 0.6) is 5.75 Å². The minimum Gasteiger partial charge on any atom is -0.507 e. The lowest BCUT2D eigenvalue weighted by molar-refractivity contribution is -0.121. The Hall–Kier alpha value is -3.60. The Balaban J connectivity index is 1.61. The molecule has 0 aromatic heterocycles. The molecule has 1 atom stereocenters. The van der Waals surface area contributed by atoms with E-state index in [2.05, 4.69) is 22.4 Å². The summed E-state index contributed by atoms with van der Waals surface area (Å²) in [4.78, 5) is 12.3. The molecule has 0 aliphatic rings. The molecule has 3 aromatic rings. The molecule has 3 N–H and O–H groups in total. The molecule has 0 fully saturated rings. The number of amides is 1. The Labute approximate surface area is 164 Å². The highest BCUT2D eigenvalue weighted by atomic mass is 16.3. The number of hydrogen-bond acceptors (Lipinski definition) is 4. The van der Waals surface area contributed by atoms with E-state index in [0.29, 0.717) is 12.0 Å². The van der Waals surface area contributed by atoms with Gasteiger partial charge in [-0.25, -0.2) is 5.43 Å². The van der Waals surface area contributed by atoms with Crippen LogP contribution in [0.15, 0.2) is 78.4 Å². The fraction of sp³-hybridized carbons (Fsp3) is 0.130. The Morgan fingerprint density at radius 2 is 1.93 bits per heavy atom. The first-order valence-corrected chi connectivity index (χ1v) is 9.08. The van der Waals surface area contributed by atoms with Gasteiger partial charge in [0.1, 0.15) is 11.8 Å². The number of phenolic OH excluding ortho intramolecular Hbond substituents is 1. The third kappa shape index (κ3) is 4.57. The number of carbonyl (C=O) groups excluding carboxylic acids is 1. The fourth-order valence-electron chi connectivity index (χ4n) is 2.89. The predicted octanol–water partition coefficient (Wildman–Crippen LogP) is 4.22. The quantitative estimate of drug-likeness (QED) is 0.330. The molecule has 5 heteroatoms. The van der Waals surface area contributed by atoms with Crippen molar-refractivity contribution in [2.75, 3.05) is 5.32 Å². The van der Waals surface area contributed by atoms with E-state index in [9.17, 15) is 9.90 Å². The average Bonchev–Trinajstić information content (AvgIpc) is 2.70. The fourth-order valence-corrected chi connectivity index (χ4v) is 2.89. The van der Waals surface area contributed by atoms with Crippen molar-refractivity contribution >= 4 is 28.6 Å². The lowest BCUT2D eigenvalue weighted by Crippen LogP contribution is -2.34. The van der Waals surface area contributed by atoms with E-state index >= 15 is 0 Å². The first-order chi connectivity index (χ1) is 13.6. The van der Waals surface area contributed by atoms with Crippen molar-refractivity contribution in [3.05, 3.63) is 84.4 Å². The monoisotopic (exact) mass is 373 g/mol. The summed E-state index contributed by atoms with van der Waals surface area (Å²) in [6.07, 6.45) is 3.72. The maximum Gasteiger partial charge on any atom is 0.262 e. The van der Waals surface area contributed by atoms with Crippen molar-refractivity contribution in [3.63, 3.8) is 0 Å². The highest BCUT2D eigenvalue weighted by Gasteiger charge is 2.12. The summed E-state index contributed by atoms with van der Waals surface area (Å²) >= 11 is 0.